The van der Waals surface area contributed by atoms with Gasteiger partial charge in [-0.15, -0.1) is 0 Å². The van der Waals surface area contributed by atoms with Gasteiger partial charge in [0.1, 0.15) is 6.04 Å². The number of methoxy groups -OCH3 is 1. The van der Waals surface area contributed by atoms with E-state index in [1.807, 2.05) is 0 Å². The van der Waals surface area contributed by atoms with E-state index in [1.165, 1.54) is 12.1 Å². The van der Waals surface area contributed by atoms with Crippen LogP contribution in [0.2, 0.25) is 5.02 Å². The number of alkyl carbamates (subject to hydrolysis) is 1. The number of nitrogens with one attached hydrogen (secondary N) is 3. The Kier molecular flexibility index (Phi) is 9.59. The first-order valence-electron chi connectivity index (χ1n) is 13.2. The topological polar surface area (TPSA) is 171 Å². The third-order valence-corrected chi connectivity index (χ3v) is 10.7. The average molecular weight is 648 g/mol. The predicted octanol–water partition coefficient (Wildman–Crippen LogP) is 2.54. The quantitative estimate of drug-likeness (QED) is 0.259. The molecule has 2 aliphatic carbocycles. The highest BCUT2D eigenvalue weighted by atomic mass is 35.5. The molecule has 2 aromatic rings. The number of sulfone groups is 1. The van der Waals surface area contributed by atoms with E-state index >= 15 is 0 Å². The Hall–Kier alpha value is -3.40. The number of anilines is 1. The molecule has 2 bridgehead atoms. The maximum Gasteiger partial charge on any atom is 0.407 e. The van der Waals surface area contributed by atoms with Crippen molar-refractivity contribution in [2.75, 3.05) is 25.6 Å². The molecule has 11 nitrogen and oxygen atoms in total. The standard InChI is InChI=1S/C27H29ClF3N3O8S/c1-42-26(38)34-21(11-35)25(37)32-12-27(39)14-3-4-15(27)8-17(7-14)43(40,41)22-6-13(2-5-18(22)28)24(36)33-16-9-19(29)23(31)20(30)10-16/h2,5-6,9-10,14-15,17,21,35,39H,3-4,7-8,11-12H2,1H3,(H,32,37)(H,33,36)(H,34,38)/t14?,15?,17-,21-,27-/m0/s1. The van der Waals surface area contributed by atoms with Gasteiger partial charge >= 0.3 is 6.09 Å². The molecule has 3 atom stereocenters. The molecule has 0 radical (unpaired) electrons. The van der Waals surface area contributed by atoms with Gasteiger partial charge in [-0.05, 0) is 55.7 Å². The zero-order chi connectivity index (χ0) is 31.7. The van der Waals surface area contributed by atoms with Gasteiger partial charge in [0.15, 0.2) is 27.3 Å². The molecular formula is C27H29ClF3N3O8S. The molecule has 16 heteroatoms. The van der Waals surface area contributed by atoms with E-state index in [0.29, 0.717) is 25.0 Å². The Balaban J connectivity index is 1.48. The predicted molar refractivity (Wildman–Crippen MR) is 147 cm³/mol. The number of fused-ring (bicyclic) bond motifs is 2. The monoisotopic (exact) mass is 647 g/mol. The molecule has 2 aromatic carbocycles. The van der Waals surface area contributed by atoms with Crippen molar-refractivity contribution in [1.82, 2.24) is 10.6 Å². The van der Waals surface area contributed by atoms with E-state index in [4.69, 9.17) is 11.6 Å². The Morgan fingerprint density at radius 3 is 2.26 bits per heavy atom. The number of hydrogen-bond acceptors (Lipinski definition) is 8. The van der Waals surface area contributed by atoms with Gasteiger partial charge in [-0.1, -0.05) is 11.6 Å². The number of hydrogen-bond donors (Lipinski definition) is 5. The molecule has 0 aliphatic heterocycles. The summed E-state index contributed by atoms with van der Waals surface area (Å²) in [6, 6.07) is 3.27. The summed E-state index contributed by atoms with van der Waals surface area (Å²) in [6.07, 6.45) is 0.0743. The normalized spacial score (nSPS) is 23.7. The zero-order valence-corrected chi connectivity index (χ0v) is 24.3. The van der Waals surface area contributed by atoms with E-state index < -0.39 is 80.5 Å². The number of ether oxygens (including phenoxy) is 1. The SMILES string of the molecule is COC(=O)N[C@@H](CO)C(=O)NC[C@]1(O)C2CCC1C[C@@H](S(=O)(=O)c1cc(C(=O)Nc3cc(F)c(F)c(F)c3)ccc1Cl)C2. The summed E-state index contributed by atoms with van der Waals surface area (Å²) < 4.78 is 72.3. The number of aliphatic hydroxyl groups excluding tert-OH is 1. The van der Waals surface area contributed by atoms with Gasteiger partial charge in [-0.2, -0.15) is 0 Å². The lowest BCUT2D eigenvalue weighted by molar-refractivity contribution is -0.127. The first kappa shape index (κ1) is 32.5. The molecule has 4 rings (SSSR count). The number of carbonyl (C=O) groups is 3. The maximum absolute atomic E-state index is 13.7. The molecule has 43 heavy (non-hydrogen) atoms. The molecule has 0 saturated heterocycles. The molecule has 2 fully saturated rings. The van der Waals surface area contributed by atoms with Crippen LogP contribution in [0, 0.1) is 29.3 Å². The van der Waals surface area contributed by atoms with Crippen molar-refractivity contribution in [2.24, 2.45) is 11.8 Å². The summed E-state index contributed by atoms with van der Waals surface area (Å²) in [6.45, 7) is -0.962. The molecule has 2 aliphatic rings. The Morgan fingerprint density at radius 1 is 1.09 bits per heavy atom. The second-order valence-corrected chi connectivity index (χ2v) is 13.1. The first-order valence-corrected chi connectivity index (χ1v) is 15.1. The average Bonchev–Trinajstić information content (AvgIpc) is 3.12. The minimum atomic E-state index is -4.16. The van der Waals surface area contributed by atoms with Crippen LogP contribution < -0.4 is 16.0 Å². The second kappa shape index (κ2) is 12.7. The van der Waals surface area contributed by atoms with Crippen LogP contribution in [0.15, 0.2) is 35.2 Å². The highest BCUT2D eigenvalue weighted by molar-refractivity contribution is 7.92. The Morgan fingerprint density at radius 2 is 1.70 bits per heavy atom. The number of halogens is 4. The van der Waals surface area contributed by atoms with Crippen LogP contribution >= 0.6 is 11.6 Å². The van der Waals surface area contributed by atoms with Crippen molar-refractivity contribution < 1.29 is 50.9 Å². The van der Waals surface area contributed by atoms with Crippen LogP contribution in [-0.2, 0) is 19.4 Å². The van der Waals surface area contributed by atoms with Gasteiger partial charge in [0.2, 0.25) is 5.91 Å². The molecule has 0 aromatic heterocycles. The molecular weight excluding hydrogens is 619 g/mol. The summed E-state index contributed by atoms with van der Waals surface area (Å²) >= 11 is 6.23. The maximum atomic E-state index is 13.7. The second-order valence-electron chi connectivity index (χ2n) is 10.5. The van der Waals surface area contributed by atoms with Crippen molar-refractivity contribution in [3.8, 4) is 0 Å². The minimum absolute atomic E-state index is 0.0237. The van der Waals surface area contributed by atoms with E-state index in [1.54, 1.807) is 0 Å². The summed E-state index contributed by atoms with van der Waals surface area (Å²) in [5.74, 6) is -7.49. The molecule has 5 N–H and O–H groups in total. The van der Waals surface area contributed by atoms with Gasteiger partial charge in [0, 0.05) is 29.9 Å². The fraction of sp³-hybridized carbons (Fsp3) is 0.444. The van der Waals surface area contributed by atoms with E-state index in [2.05, 4.69) is 20.7 Å². The van der Waals surface area contributed by atoms with Crippen LogP contribution in [0.25, 0.3) is 0 Å². The smallest absolute Gasteiger partial charge is 0.407 e. The molecule has 3 amide bonds. The third kappa shape index (κ3) is 6.59. The summed E-state index contributed by atoms with van der Waals surface area (Å²) in [5.41, 5.74) is -2.02. The third-order valence-electron chi connectivity index (χ3n) is 8.08. The fourth-order valence-corrected chi connectivity index (χ4v) is 8.17. The van der Waals surface area contributed by atoms with Gasteiger partial charge in [0.05, 0.1) is 34.5 Å². The fourth-order valence-electron chi connectivity index (χ4n) is 5.77. The summed E-state index contributed by atoms with van der Waals surface area (Å²) in [7, 11) is -3.07. The molecule has 2 unspecified atom stereocenters. The molecule has 234 valence electrons. The van der Waals surface area contributed by atoms with Gasteiger partial charge in [0.25, 0.3) is 5.91 Å². The number of amides is 3. The van der Waals surface area contributed by atoms with E-state index in [-0.39, 0.29) is 40.6 Å². The van der Waals surface area contributed by atoms with Crippen molar-refractivity contribution >= 4 is 45.0 Å². The lowest BCUT2D eigenvalue weighted by Crippen LogP contribution is -2.57. The Bertz CT molecular complexity index is 1510. The number of aliphatic hydroxyl groups is 2. The number of carbonyl (C=O) groups excluding carboxylic acids is 3. The minimum Gasteiger partial charge on any atom is -0.453 e. The van der Waals surface area contributed by atoms with Crippen molar-refractivity contribution in [3.05, 3.63) is 58.4 Å². The lowest BCUT2D eigenvalue weighted by atomic mass is 9.74. The zero-order valence-electron chi connectivity index (χ0n) is 22.7. The first-order chi connectivity index (χ1) is 20.2. The summed E-state index contributed by atoms with van der Waals surface area (Å²) in [4.78, 5) is 36.3. The van der Waals surface area contributed by atoms with Gasteiger partial charge < -0.3 is 30.9 Å². The molecule has 0 spiro atoms. The van der Waals surface area contributed by atoms with Crippen LogP contribution in [0.4, 0.5) is 23.7 Å². The number of rotatable bonds is 9. The lowest BCUT2D eigenvalue weighted by Gasteiger charge is -2.42. The van der Waals surface area contributed by atoms with Gasteiger partial charge in [-0.3, -0.25) is 9.59 Å². The molecule has 2 saturated carbocycles. The van der Waals surface area contributed by atoms with Gasteiger partial charge in [-0.25, -0.2) is 26.4 Å². The van der Waals surface area contributed by atoms with Crippen molar-refractivity contribution in [2.45, 2.75) is 47.5 Å². The Labute approximate surface area is 249 Å². The highest BCUT2D eigenvalue weighted by Crippen LogP contribution is 2.52. The van der Waals surface area contributed by atoms with Crippen LogP contribution in [-0.4, -0.2) is 73.7 Å². The highest BCUT2D eigenvalue weighted by Gasteiger charge is 2.55. The van der Waals surface area contributed by atoms with Crippen LogP contribution in [0.1, 0.15) is 36.0 Å². The van der Waals surface area contributed by atoms with Crippen LogP contribution in [0.3, 0.4) is 0 Å². The summed E-state index contributed by atoms with van der Waals surface area (Å²) in [5, 5.41) is 26.6. The van der Waals surface area contributed by atoms with Crippen LogP contribution in [0.5, 0.6) is 0 Å². The largest absolute Gasteiger partial charge is 0.453 e. The van der Waals surface area contributed by atoms with E-state index in [9.17, 15) is 46.2 Å². The van der Waals surface area contributed by atoms with Crippen molar-refractivity contribution in [3.63, 3.8) is 0 Å². The molecule has 0 heterocycles. The number of benzene rings is 2. The van der Waals surface area contributed by atoms with E-state index in [0.717, 1.165) is 13.2 Å². The van der Waals surface area contributed by atoms with Crippen molar-refractivity contribution in [1.29, 1.82) is 0 Å².